The summed E-state index contributed by atoms with van der Waals surface area (Å²) in [5.74, 6) is -0.971. The molecule has 4 rings (SSSR count). The van der Waals surface area contributed by atoms with Gasteiger partial charge in [-0.3, -0.25) is 4.79 Å². The van der Waals surface area contributed by atoms with Crippen LogP contribution in [-0.2, 0) is 20.7 Å². The fourth-order valence-electron chi connectivity index (χ4n) is 3.98. The van der Waals surface area contributed by atoms with Gasteiger partial charge in [0.1, 0.15) is 11.9 Å². The van der Waals surface area contributed by atoms with Crippen LogP contribution in [0.25, 0.3) is 10.9 Å². The summed E-state index contributed by atoms with van der Waals surface area (Å²) in [6.45, 7) is 0. The second-order valence-electron chi connectivity index (χ2n) is 6.69. The van der Waals surface area contributed by atoms with Crippen LogP contribution >= 0.6 is 27.5 Å². The molecule has 0 fully saturated rings. The van der Waals surface area contributed by atoms with Crippen LogP contribution < -0.4 is 0 Å². The second-order valence-corrected chi connectivity index (χ2v) is 7.88. The number of alkyl halides is 1. The molecular weight excluding hydrogens is 444 g/mol. The van der Waals surface area contributed by atoms with Crippen LogP contribution in [0.1, 0.15) is 22.9 Å². The normalized spacial score (nSPS) is 18.8. The number of amides is 1. The molecule has 0 aliphatic carbocycles. The van der Waals surface area contributed by atoms with Gasteiger partial charge >= 0.3 is 5.97 Å². The van der Waals surface area contributed by atoms with E-state index in [1.807, 2.05) is 48.5 Å². The zero-order valence-corrected chi connectivity index (χ0v) is 17.5. The lowest BCUT2D eigenvalue weighted by Crippen LogP contribution is -2.52. The second kappa shape index (κ2) is 7.60. The Morgan fingerprint density at radius 1 is 1.21 bits per heavy atom. The molecule has 2 atom stereocenters. The molecule has 0 unspecified atom stereocenters. The Hall–Kier alpha value is -2.31. The summed E-state index contributed by atoms with van der Waals surface area (Å²) >= 11 is 9.37. The van der Waals surface area contributed by atoms with Gasteiger partial charge in [0.25, 0.3) is 0 Å². The molecule has 1 amide bonds. The SMILES string of the molecule is COC(=O)[C@H]1Cc2c([nH]c3ccccc23)[C@@H](c2ccc(Br)cc2)N1C(=O)CCl. The number of nitrogens with zero attached hydrogens (tertiary/aromatic N) is 1. The van der Waals surface area contributed by atoms with E-state index in [9.17, 15) is 9.59 Å². The van der Waals surface area contributed by atoms with Gasteiger partial charge in [-0.2, -0.15) is 0 Å². The summed E-state index contributed by atoms with van der Waals surface area (Å²) < 4.78 is 5.96. The first-order valence-corrected chi connectivity index (χ1v) is 10.2. The molecule has 2 heterocycles. The number of para-hydroxylation sites is 1. The van der Waals surface area contributed by atoms with Gasteiger partial charge in [0.15, 0.2) is 0 Å². The Morgan fingerprint density at radius 3 is 2.61 bits per heavy atom. The number of carbonyl (C=O) groups excluding carboxylic acids is 2. The van der Waals surface area contributed by atoms with Crippen molar-refractivity contribution >= 4 is 50.3 Å². The Balaban J connectivity index is 1.98. The van der Waals surface area contributed by atoms with Crippen LogP contribution in [0.3, 0.4) is 0 Å². The third-order valence-electron chi connectivity index (χ3n) is 5.19. The molecule has 0 bridgehead atoms. The summed E-state index contributed by atoms with van der Waals surface area (Å²) in [7, 11) is 1.34. The molecule has 0 saturated heterocycles. The lowest BCUT2D eigenvalue weighted by molar-refractivity contribution is -0.154. The van der Waals surface area contributed by atoms with Crippen LogP contribution in [0, 0.1) is 0 Å². The van der Waals surface area contributed by atoms with Crippen molar-refractivity contribution in [3.8, 4) is 0 Å². The number of ether oxygens (including phenoxy) is 1. The molecular formula is C21H18BrClN2O3. The highest BCUT2D eigenvalue weighted by atomic mass is 79.9. The molecule has 2 aromatic carbocycles. The first kappa shape index (κ1) is 19.0. The van der Waals surface area contributed by atoms with Crippen molar-refractivity contribution in [1.82, 2.24) is 9.88 Å². The molecule has 5 nitrogen and oxygen atoms in total. The molecule has 7 heteroatoms. The van der Waals surface area contributed by atoms with E-state index in [2.05, 4.69) is 20.9 Å². The summed E-state index contributed by atoms with van der Waals surface area (Å²) in [6.07, 6.45) is 0.377. The quantitative estimate of drug-likeness (QED) is 0.470. The average Bonchev–Trinajstić information content (AvgIpc) is 3.10. The molecule has 1 aliphatic heterocycles. The van der Waals surface area contributed by atoms with E-state index in [0.29, 0.717) is 6.42 Å². The van der Waals surface area contributed by atoms with Gasteiger partial charge in [0, 0.05) is 27.5 Å². The van der Waals surface area contributed by atoms with Crippen molar-refractivity contribution in [3.63, 3.8) is 0 Å². The van der Waals surface area contributed by atoms with E-state index in [1.54, 1.807) is 4.90 Å². The van der Waals surface area contributed by atoms with Crippen LogP contribution in [0.5, 0.6) is 0 Å². The summed E-state index contributed by atoms with van der Waals surface area (Å²) in [4.78, 5) is 30.5. The fourth-order valence-corrected chi connectivity index (χ4v) is 4.38. The van der Waals surface area contributed by atoms with E-state index < -0.39 is 18.1 Å². The van der Waals surface area contributed by atoms with E-state index in [4.69, 9.17) is 16.3 Å². The Kier molecular flexibility index (Phi) is 5.17. The van der Waals surface area contributed by atoms with E-state index in [1.165, 1.54) is 7.11 Å². The monoisotopic (exact) mass is 460 g/mol. The number of aromatic nitrogens is 1. The molecule has 0 spiro atoms. The number of aromatic amines is 1. The molecule has 0 saturated carbocycles. The van der Waals surface area contributed by atoms with Gasteiger partial charge in [-0.1, -0.05) is 46.3 Å². The molecule has 28 heavy (non-hydrogen) atoms. The average molecular weight is 462 g/mol. The number of rotatable bonds is 3. The van der Waals surface area contributed by atoms with Crippen molar-refractivity contribution < 1.29 is 14.3 Å². The first-order valence-electron chi connectivity index (χ1n) is 8.85. The van der Waals surface area contributed by atoms with Gasteiger partial charge in [0.05, 0.1) is 13.2 Å². The fraction of sp³-hybridized carbons (Fsp3) is 0.238. The maximum Gasteiger partial charge on any atom is 0.328 e. The summed E-state index contributed by atoms with van der Waals surface area (Å²) in [6, 6.07) is 14.5. The number of hydrogen-bond acceptors (Lipinski definition) is 3. The summed E-state index contributed by atoms with van der Waals surface area (Å²) in [5.41, 5.74) is 3.79. The first-order chi connectivity index (χ1) is 13.5. The minimum absolute atomic E-state index is 0.212. The number of hydrogen-bond donors (Lipinski definition) is 1. The minimum atomic E-state index is -0.739. The number of halogens is 2. The summed E-state index contributed by atoms with van der Waals surface area (Å²) in [5, 5.41) is 1.05. The van der Waals surface area contributed by atoms with Crippen LogP contribution in [0.4, 0.5) is 0 Å². The topological polar surface area (TPSA) is 62.4 Å². The number of nitrogens with one attached hydrogen (secondary N) is 1. The van der Waals surface area contributed by atoms with Crippen LogP contribution in [0.2, 0.25) is 0 Å². The number of fused-ring (bicyclic) bond motifs is 3. The lowest BCUT2D eigenvalue weighted by Gasteiger charge is -2.40. The molecule has 1 aromatic heterocycles. The van der Waals surface area contributed by atoms with Crippen molar-refractivity contribution in [3.05, 3.63) is 69.8 Å². The van der Waals surface area contributed by atoms with Crippen molar-refractivity contribution in [1.29, 1.82) is 0 Å². The highest BCUT2D eigenvalue weighted by Gasteiger charge is 2.43. The van der Waals surface area contributed by atoms with Crippen molar-refractivity contribution in [2.75, 3.05) is 13.0 Å². The molecule has 3 aromatic rings. The standard InChI is InChI=1S/C21H18BrClN2O3/c1-28-21(27)17-10-15-14-4-2-3-5-16(14)24-19(15)20(25(17)18(26)11-23)12-6-8-13(22)9-7-12/h2-9,17,20,24H,10-11H2,1H3/t17-,20-/m1/s1. The zero-order chi connectivity index (χ0) is 19.8. The zero-order valence-electron chi connectivity index (χ0n) is 15.1. The predicted octanol–water partition coefficient (Wildman–Crippen LogP) is 4.18. The van der Waals surface area contributed by atoms with E-state index in [-0.39, 0.29) is 11.8 Å². The molecule has 0 radical (unpaired) electrons. The number of benzene rings is 2. The van der Waals surface area contributed by atoms with Crippen molar-refractivity contribution in [2.24, 2.45) is 0 Å². The highest BCUT2D eigenvalue weighted by Crippen LogP contribution is 2.41. The van der Waals surface area contributed by atoms with E-state index >= 15 is 0 Å². The van der Waals surface area contributed by atoms with Gasteiger partial charge < -0.3 is 14.6 Å². The van der Waals surface area contributed by atoms with Crippen molar-refractivity contribution in [2.45, 2.75) is 18.5 Å². The van der Waals surface area contributed by atoms with Gasteiger partial charge in [-0.25, -0.2) is 4.79 Å². The Morgan fingerprint density at radius 2 is 1.93 bits per heavy atom. The third kappa shape index (κ3) is 3.10. The number of esters is 1. The number of methoxy groups -OCH3 is 1. The smallest absolute Gasteiger partial charge is 0.328 e. The maximum absolute atomic E-state index is 12.8. The maximum atomic E-state index is 12.8. The Bertz CT molecular complexity index is 1050. The largest absolute Gasteiger partial charge is 0.467 e. The molecule has 1 N–H and O–H groups in total. The van der Waals surface area contributed by atoms with Crippen LogP contribution in [-0.4, -0.2) is 40.8 Å². The Labute approximate surface area is 175 Å². The predicted molar refractivity (Wildman–Crippen MR) is 111 cm³/mol. The number of H-pyrrole nitrogens is 1. The molecule has 144 valence electrons. The van der Waals surface area contributed by atoms with Crippen LogP contribution in [0.15, 0.2) is 53.0 Å². The minimum Gasteiger partial charge on any atom is -0.467 e. The lowest BCUT2D eigenvalue weighted by atomic mass is 9.88. The van der Waals surface area contributed by atoms with E-state index in [0.717, 1.165) is 32.2 Å². The third-order valence-corrected chi connectivity index (χ3v) is 5.95. The molecule has 1 aliphatic rings. The van der Waals surface area contributed by atoms with Gasteiger partial charge in [0.2, 0.25) is 5.91 Å². The number of carbonyl (C=O) groups is 2. The van der Waals surface area contributed by atoms with Gasteiger partial charge in [-0.15, -0.1) is 11.6 Å². The highest BCUT2D eigenvalue weighted by molar-refractivity contribution is 9.10. The van der Waals surface area contributed by atoms with Gasteiger partial charge in [-0.05, 0) is 29.3 Å².